The number of ether oxygens (including phenoxy) is 2. The average Bonchev–Trinajstić information content (AvgIpc) is 2.49. The third-order valence-corrected chi connectivity index (χ3v) is 3.92. The molecule has 3 nitrogen and oxygen atoms in total. The van der Waals surface area contributed by atoms with Crippen LogP contribution in [0.15, 0.2) is 24.3 Å². The molecule has 0 amide bonds. The lowest BCUT2D eigenvalue weighted by atomic mass is 10.1. The Kier molecular flexibility index (Phi) is 6.68. The molecule has 0 bridgehead atoms. The van der Waals surface area contributed by atoms with Crippen LogP contribution in [-0.2, 0) is 9.47 Å². The second-order valence-electron chi connectivity index (χ2n) is 6.28. The zero-order valence-electron chi connectivity index (χ0n) is 13.6. The molecule has 2 rings (SSSR count). The van der Waals surface area contributed by atoms with Crippen molar-refractivity contribution in [1.82, 2.24) is 5.32 Å². The summed E-state index contributed by atoms with van der Waals surface area (Å²) in [5.41, 5.74) is 2.52. The molecule has 21 heavy (non-hydrogen) atoms. The summed E-state index contributed by atoms with van der Waals surface area (Å²) >= 11 is 0. The van der Waals surface area contributed by atoms with Crippen molar-refractivity contribution in [2.45, 2.75) is 58.3 Å². The van der Waals surface area contributed by atoms with E-state index in [4.69, 9.17) is 9.47 Å². The predicted octanol–water partition coefficient (Wildman–Crippen LogP) is 3.62. The molecule has 2 unspecified atom stereocenters. The Balaban J connectivity index is 1.92. The van der Waals surface area contributed by atoms with Crippen LogP contribution < -0.4 is 5.32 Å². The molecule has 0 aliphatic carbocycles. The molecule has 3 heteroatoms. The number of aryl methyl sites for hydroxylation is 1. The van der Waals surface area contributed by atoms with Crippen molar-refractivity contribution < 1.29 is 9.47 Å². The van der Waals surface area contributed by atoms with Gasteiger partial charge in [0, 0.05) is 19.2 Å². The van der Waals surface area contributed by atoms with Gasteiger partial charge in [-0.3, -0.25) is 0 Å². The standard InChI is InChI=1S/C18H29NO2/c1-14(2)19-12-18(16-9-7-15(3)8-10-16)21-13-17-6-4-5-11-20-17/h7-10,14,17-19H,4-6,11-13H2,1-3H3. The van der Waals surface area contributed by atoms with Crippen LogP contribution in [0.2, 0.25) is 0 Å². The van der Waals surface area contributed by atoms with E-state index in [0.29, 0.717) is 12.6 Å². The summed E-state index contributed by atoms with van der Waals surface area (Å²) < 4.78 is 11.9. The van der Waals surface area contributed by atoms with Gasteiger partial charge in [0.1, 0.15) is 0 Å². The van der Waals surface area contributed by atoms with Crippen LogP contribution in [0, 0.1) is 6.92 Å². The molecule has 1 heterocycles. The average molecular weight is 291 g/mol. The highest BCUT2D eigenvalue weighted by Gasteiger charge is 2.18. The lowest BCUT2D eigenvalue weighted by Gasteiger charge is -2.26. The zero-order valence-corrected chi connectivity index (χ0v) is 13.6. The van der Waals surface area contributed by atoms with Gasteiger partial charge in [0.25, 0.3) is 0 Å². The van der Waals surface area contributed by atoms with E-state index in [2.05, 4.69) is 50.4 Å². The fourth-order valence-corrected chi connectivity index (χ4v) is 2.56. The minimum atomic E-state index is 0.0959. The van der Waals surface area contributed by atoms with E-state index in [-0.39, 0.29) is 12.2 Å². The molecule has 0 saturated carbocycles. The quantitative estimate of drug-likeness (QED) is 0.832. The molecule has 1 aromatic carbocycles. The van der Waals surface area contributed by atoms with E-state index in [9.17, 15) is 0 Å². The first-order valence-electron chi connectivity index (χ1n) is 8.18. The maximum absolute atomic E-state index is 6.17. The van der Waals surface area contributed by atoms with Crippen LogP contribution in [0.4, 0.5) is 0 Å². The topological polar surface area (TPSA) is 30.5 Å². The van der Waals surface area contributed by atoms with Crippen LogP contribution in [0.3, 0.4) is 0 Å². The molecule has 1 aliphatic heterocycles. The summed E-state index contributed by atoms with van der Waals surface area (Å²) in [7, 11) is 0. The Bertz CT molecular complexity index is 396. The van der Waals surface area contributed by atoms with E-state index in [1.165, 1.54) is 24.0 Å². The monoisotopic (exact) mass is 291 g/mol. The first-order chi connectivity index (χ1) is 10.1. The highest BCUT2D eigenvalue weighted by atomic mass is 16.5. The lowest BCUT2D eigenvalue weighted by molar-refractivity contribution is -0.0636. The van der Waals surface area contributed by atoms with Gasteiger partial charge in [0.05, 0.1) is 18.8 Å². The largest absolute Gasteiger partial charge is 0.376 e. The van der Waals surface area contributed by atoms with Crippen molar-refractivity contribution in [1.29, 1.82) is 0 Å². The minimum Gasteiger partial charge on any atom is -0.376 e. The number of hydrogen-bond donors (Lipinski definition) is 1. The summed E-state index contributed by atoms with van der Waals surface area (Å²) in [6, 6.07) is 9.11. The zero-order chi connectivity index (χ0) is 15.1. The smallest absolute Gasteiger partial charge is 0.0950 e. The fourth-order valence-electron chi connectivity index (χ4n) is 2.56. The summed E-state index contributed by atoms with van der Waals surface area (Å²) in [6.07, 6.45) is 3.93. The summed E-state index contributed by atoms with van der Waals surface area (Å²) in [5.74, 6) is 0. The molecular weight excluding hydrogens is 262 g/mol. The van der Waals surface area contributed by atoms with E-state index in [1.807, 2.05) is 0 Å². The van der Waals surface area contributed by atoms with E-state index in [1.54, 1.807) is 0 Å². The second kappa shape index (κ2) is 8.52. The van der Waals surface area contributed by atoms with Gasteiger partial charge < -0.3 is 14.8 Å². The SMILES string of the molecule is Cc1ccc(C(CNC(C)C)OCC2CCCCO2)cc1. The molecule has 2 atom stereocenters. The van der Waals surface area contributed by atoms with E-state index >= 15 is 0 Å². The van der Waals surface area contributed by atoms with Crippen LogP contribution in [0.1, 0.15) is 50.3 Å². The van der Waals surface area contributed by atoms with E-state index < -0.39 is 0 Å². The van der Waals surface area contributed by atoms with Gasteiger partial charge in [-0.1, -0.05) is 43.7 Å². The van der Waals surface area contributed by atoms with Crippen molar-refractivity contribution >= 4 is 0 Å². The molecule has 0 radical (unpaired) electrons. The van der Waals surface area contributed by atoms with Gasteiger partial charge in [0.15, 0.2) is 0 Å². The first kappa shape index (κ1) is 16.5. The van der Waals surface area contributed by atoms with E-state index in [0.717, 1.165) is 19.6 Å². The van der Waals surface area contributed by atoms with Gasteiger partial charge in [-0.15, -0.1) is 0 Å². The molecule has 0 spiro atoms. The van der Waals surface area contributed by atoms with Crippen molar-refractivity contribution in [2.75, 3.05) is 19.8 Å². The molecule has 0 aromatic heterocycles. The predicted molar refractivity (Wildman–Crippen MR) is 86.6 cm³/mol. The summed E-state index contributed by atoms with van der Waals surface area (Å²) in [5, 5.41) is 3.48. The molecule has 1 saturated heterocycles. The summed E-state index contributed by atoms with van der Waals surface area (Å²) in [6.45, 7) is 8.86. The Labute approximate surface area is 129 Å². The maximum Gasteiger partial charge on any atom is 0.0950 e. The maximum atomic E-state index is 6.17. The number of nitrogens with one attached hydrogen (secondary N) is 1. The molecule has 1 aliphatic rings. The molecule has 1 N–H and O–H groups in total. The highest BCUT2D eigenvalue weighted by Crippen LogP contribution is 2.20. The van der Waals surface area contributed by atoms with Crippen LogP contribution >= 0.6 is 0 Å². The second-order valence-corrected chi connectivity index (χ2v) is 6.28. The van der Waals surface area contributed by atoms with Gasteiger partial charge in [-0.25, -0.2) is 0 Å². The molecule has 1 aromatic rings. The van der Waals surface area contributed by atoms with Crippen molar-refractivity contribution in [3.8, 4) is 0 Å². The Morgan fingerprint density at radius 3 is 2.62 bits per heavy atom. The first-order valence-corrected chi connectivity index (χ1v) is 8.18. The Hall–Kier alpha value is -0.900. The minimum absolute atomic E-state index is 0.0959. The van der Waals surface area contributed by atoms with Gasteiger partial charge in [-0.2, -0.15) is 0 Å². The molecule has 118 valence electrons. The van der Waals surface area contributed by atoms with Crippen LogP contribution in [-0.4, -0.2) is 31.9 Å². The van der Waals surface area contributed by atoms with Gasteiger partial charge in [-0.05, 0) is 31.7 Å². The lowest BCUT2D eigenvalue weighted by Crippen LogP contribution is -2.32. The third-order valence-electron chi connectivity index (χ3n) is 3.92. The Morgan fingerprint density at radius 1 is 1.24 bits per heavy atom. The normalized spacial score (nSPS) is 20.7. The molecular formula is C18H29NO2. The number of hydrogen-bond acceptors (Lipinski definition) is 3. The fraction of sp³-hybridized carbons (Fsp3) is 0.667. The number of benzene rings is 1. The van der Waals surface area contributed by atoms with Gasteiger partial charge >= 0.3 is 0 Å². The van der Waals surface area contributed by atoms with Crippen LogP contribution in [0.5, 0.6) is 0 Å². The Morgan fingerprint density at radius 2 is 2.00 bits per heavy atom. The van der Waals surface area contributed by atoms with Crippen molar-refractivity contribution in [2.24, 2.45) is 0 Å². The van der Waals surface area contributed by atoms with Crippen molar-refractivity contribution in [3.63, 3.8) is 0 Å². The van der Waals surface area contributed by atoms with Crippen LogP contribution in [0.25, 0.3) is 0 Å². The summed E-state index contributed by atoms with van der Waals surface area (Å²) in [4.78, 5) is 0. The third kappa shape index (κ3) is 5.77. The van der Waals surface area contributed by atoms with Crippen molar-refractivity contribution in [3.05, 3.63) is 35.4 Å². The molecule has 1 fully saturated rings. The number of rotatable bonds is 7. The van der Waals surface area contributed by atoms with Gasteiger partial charge in [0.2, 0.25) is 0 Å². The highest BCUT2D eigenvalue weighted by molar-refractivity contribution is 5.23.